The molecular weight excluding hydrogens is 735 g/mol. The summed E-state index contributed by atoms with van der Waals surface area (Å²) in [5, 5.41) is 1.15. The molecule has 61 heavy (non-hydrogen) atoms. The molecule has 1 aliphatic carbocycles. The number of nitrogens with zero attached hydrogens (tertiary/aromatic N) is 2. The Morgan fingerprint density at radius 1 is 0.361 bits per heavy atom. The highest BCUT2D eigenvalue weighted by Crippen LogP contribution is 2.58. The van der Waals surface area contributed by atoms with Crippen molar-refractivity contribution in [3.8, 4) is 44.6 Å². The minimum atomic E-state index is -0.485. The van der Waals surface area contributed by atoms with Gasteiger partial charge in [-0.2, -0.15) is 0 Å². The summed E-state index contributed by atoms with van der Waals surface area (Å²) in [6, 6.07) is 82.8. The average Bonchev–Trinajstić information content (AvgIpc) is 3.82. The second-order valence-corrected chi connectivity index (χ2v) is 16.6. The summed E-state index contributed by atoms with van der Waals surface area (Å²) in [6.07, 6.45) is 0. The van der Waals surface area contributed by atoms with Crippen LogP contribution in [0.3, 0.4) is 0 Å². The van der Waals surface area contributed by atoms with Crippen LogP contribution in [0.1, 0.15) is 22.3 Å². The number of hydrogen-bond acceptors (Lipinski definition) is 2. The molecule has 0 radical (unpaired) electrons. The molecule has 0 amide bonds. The van der Waals surface area contributed by atoms with E-state index >= 15 is 0 Å². The molecule has 0 fully saturated rings. The summed E-state index contributed by atoms with van der Waals surface area (Å²) < 4.78 is 0. The van der Waals surface area contributed by atoms with Crippen molar-refractivity contribution in [2.24, 2.45) is 0 Å². The second-order valence-electron chi connectivity index (χ2n) is 16.6. The van der Waals surface area contributed by atoms with Crippen LogP contribution in [0.4, 0.5) is 17.1 Å². The van der Waals surface area contributed by atoms with Crippen molar-refractivity contribution in [3.63, 3.8) is 0 Å². The smallest absolute Gasteiger partial charge is 0.243 e. The number of para-hydroxylation sites is 3. The number of hydrogen-bond donors (Lipinski definition) is 0. The Bertz CT molecular complexity index is 3340. The molecule has 3 heterocycles. The predicted molar refractivity (Wildman–Crippen MR) is 255 cm³/mol. The van der Waals surface area contributed by atoms with Gasteiger partial charge in [0, 0.05) is 28.0 Å². The van der Waals surface area contributed by atoms with Gasteiger partial charge in [-0.15, -0.1) is 0 Å². The van der Waals surface area contributed by atoms with Gasteiger partial charge >= 0.3 is 0 Å². The van der Waals surface area contributed by atoms with Crippen LogP contribution < -0.4 is 21.3 Å². The fourth-order valence-electron chi connectivity index (χ4n) is 11.0. The van der Waals surface area contributed by atoms with Crippen LogP contribution in [0.25, 0.3) is 55.5 Å². The standard InChI is InChI=1S/C58H37BN2/c1-3-15-42(16-4-1)61(43-17-5-2-6-18-43)44-31-26-38(27-32-44)40-28-34-47-48-20-13-23-51-57(48)59(54(47)37-40)53-24-11-10-22-50(53)58(51)49-21-9-8-19-45(49)46-33-29-41(36-52(46)58)56-35-30-39-14-7-12-25-55(39)60-56/h1-37H. The van der Waals surface area contributed by atoms with Crippen molar-refractivity contribution < 1.29 is 0 Å². The van der Waals surface area contributed by atoms with Gasteiger partial charge in [0.2, 0.25) is 6.71 Å². The summed E-state index contributed by atoms with van der Waals surface area (Å²) in [7, 11) is 0. The fourth-order valence-corrected chi connectivity index (χ4v) is 11.0. The topological polar surface area (TPSA) is 16.1 Å². The molecule has 10 aromatic rings. The van der Waals surface area contributed by atoms with E-state index in [2.05, 4.69) is 229 Å². The van der Waals surface area contributed by atoms with Gasteiger partial charge in [0.1, 0.15) is 0 Å². The first-order valence-electron chi connectivity index (χ1n) is 21.2. The molecule has 0 saturated carbocycles. The van der Waals surface area contributed by atoms with Gasteiger partial charge in [-0.3, -0.25) is 0 Å². The van der Waals surface area contributed by atoms with Gasteiger partial charge in [-0.05, 0) is 110 Å². The molecule has 3 heteroatoms. The Morgan fingerprint density at radius 3 is 1.79 bits per heavy atom. The van der Waals surface area contributed by atoms with Crippen LogP contribution in [-0.4, -0.2) is 11.7 Å². The minimum absolute atomic E-state index is 0.121. The van der Waals surface area contributed by atoms with Crippen LogP contribution >= 0.6 is 0 Å². The predicted octanol–water partition coefficient (Wildman–Crippen LogP) is 12.2. The fraction of sp³-hybridized carbons (Fsp3) is 0.0172. The molecule has 1 aromatic heterocycles. The lowest BCUT2D eigenvalue weighted by Gasteiger charge is -2.42. The third-order valence-corrected chi connectivity index (χ3v) is 13.6. The van der Waals surface area contributed by atoms with E-state index in [1.165, 1.54) is 72.0 Å². The third kappa shape index (κ3) is 4.89. The maximum Gasteiger partial charge on any atom is 0.243 e. The number of aromatic nitrogens is 1. The van der Waals surface area contributed by atoms with E-state index in [1.54, 1.807) is 0 Å². The molecule has 9 aromatic carbocycles. The van der Waals surface area contributed by atoms with Gasteiger partial charge in [0.05, 0.1) is 16.6 Å². The van der Waals surface area contributed by atoms with Crippen molar-refractivity contribution >= 4 is 51.1 Å². The zero-order chi connectivity index (χ0) is 40.1. The molecule has 0 N–H and O–H groups in total. The molecule has 1 spiro atoms. The highest BCUT2D eigenvalue weighted by Gasteiger charge is 2.54. The molecule has 282 valence electrons. The number of fused-ring (bicyclic) bond motifs is 13. The lowest BCUT2D eigenvalue weighted by molar-refractivity contribution is 0.776. The normalized spacial score (nSPS) is 14.9. The van der Waals surface area contributed by atoms with Crippen LogP contribution in [0.5, 0.6) is 0 Å². The highest BCUT2D eigenvalue weighted by atomic mass is 15.1. The van der Waals surface area contributed by atoms with Gasteiger partial charge in [0.25, 0.3) is 0 Å². The Morgan fingerprint density at radius 2 is 0.967 bits per heavy atom. The van der Waals surface area contributed by atoms with E-state index in [0.29, 0.717) is 0 Å². The number of anilines is 3. The minimum Gasteiger partial charge on any atom is -0.311 e. The first-order chi connectivity index (χ1) is 30.3. The largest absolute Gasteiger partial charge is 0.311 e. The van der Waals surface area contributed by atoms with Crippen LogP contribution in [-0.2, 0) is 5.41 Å². The maximum atomic E-state index is 5.18. The molecule has 0 saturated heterocycles. The zero-order valence-corrected chi connectivity index (χ0v) is 33.3. The van der Waals surface area contributed by atoms with E-state index in [-0.39, 0.29) is 6.71 Å². The number of pyridine rings is 1. The molecular formula is C58H37BN2. The van der Waals surface area contributed by atoms with Crippen LogP contribution in [0.2, 0.25) is 0 Å². The highest BCUT2D eigenvalue weighted by molar-refractivity contribution is 7.00. The molecule has 1 atom stereocenters. The van der Waals surface area contributed by atoms with Crippen molar-refractivity contribution in [1.29, 1.82) is 0 Å². The summed E-state index contributed by atoms with van der Waals surface area (Å²) in [5.41, 5.74) is 23.4. The van der Waals surface area contributed by atoms with Crippen molar-refractivity contribution in [2.75, 3.05) is 4.90 Å². The molecule has 3 aliphatic rings. The lowest BCUT2D eigenvalue weighted by atomic mass is 9.32. The molecule has 13 rings (SSSR count). The van der Waals surface area contributed by atoms with E-state index < -0.39 is 5.41 Å². The van der Waals surface area contributed by atoms with Gasteiger partial charge in [-0.25, -0.2) is 4.98 Å². The first kappa shape index (κ1) is 34.1. The van der Waals surface area contributed by atoms with E-state index in [4.69, 9.17) is 4.98 Å². The van der Waals surface area contributed by atoms with Crippen molar-refractivity contribution in [2.45, 2.75) is 5.41 Å². The second kappa shape index (κ2) is 13.1. The first-order valence-corrected chi connectivity index (χ1v) is 21.2. The Balaban J connectivity index is 0.964. The summed E-state index contributed by atoms with van der Waals surface area (Å²) in [4.78, 5) is 7.50. The maximum absolute atomic E-state index is 5.18. The van der Waals surface area contributed by atoms with Gasteiger partial charge in [-0.1, -0.05) is 186 Å². The molecule has 0 bridgehead atoms. The monoisotopic (exact) mass is 772 g/mol. The zero-order valence-electron chi connectivity index (χ0n) is 33.3. The lowest BCUT2D eigenvalue weighted by Crippen LogP contribution is -2.59. The van der Waals surface area contributed by atoms with Crippen LogP contribution in [0.15, 0.2) is 224 Å². The van der Waals surface area contributed by atoms with Crippen molar-refractivity contribution in [3.05, 3.63) is 247 Å². The van der Waals surface area contributed by atoms with E-state index in [9.17, 15) is 0 Å². The van der Waals surface area contributed by atoms with Crippen LogP contribution in [0, 0.1) is 0 Å². The quantitative estimate of drug-likeness (QED) is 0.162. The summed E-state index contributed by atoms with van der Waals surface area (Å²) in [5.74, 6) is 0. The average molecular weight is 773 g/mol. The van der Waals surface area contributed by atoms with Gasteiger partial charge < -0.3 is 4.90 Å². The molecule has 1 unspecified atom stereocenters. The van der Waals surface area contributed by atoms with E-state index in [0.717, 1.165) is 39.2 Å². The Hall–Kier alpha value is -7.75. The number of benzene rings is 9. The molecule has 2 nitrogen and oxygen atoms in total. The Labute approximate surface area is 356 Å². The summed E-state index contributed by atoms with van der Waals surface area (Å²) in [6.45, 7) is 0.121. The van der Waals surface area contributed by atoms with E-state index in [1.807, 2.05) is 0 Å². The third-order valence-electron chi connectivity index (χ3n) is 13.6. The SMILES string of the molecule is c1ccc(N(c2ccccc2)c2ccc(-c3ccc4c(c3)B3c5ccccc5C5(c6ccccc6-c6ccc(-c7ccc8ccccc8n7)cc65)c5cccc-4c53)cc2)cc1. The Kier molecular flexibility index (Phi) is 7.35. The number of rotatable bonds is 5. The van der Waals surface area contributed by atoms with Crippen molar-refractivity contribution in [1.82, 2.24) is 4.98 Å². The molecule has 2 aliphatic heterocycles. The summed E-state index contributed by atoms with van der Waals surface area (Å²) >= 11 is 0. The van der Waals surface area contributed by atoms with Gasteiger partial charge in [0.15, 0.2) is 0 Å².